The minimum atomic E-state index is -0.769. The van der Waals surface area contributed by atoms with E-state index in [0.29, 0.717) is 0 Å². The molecule has 20 heavy (non-hydrogen) atoms. The molecule has 2 heteroatoms. The Balaban J connectivity index is 2.07. The molecule has 0 radical (unpaired) electrons. The van der Waals surface area contributed by atoms with Gasteiger partial charge in [-0.1, -0.05) is 43.2 Å². The van der Waals surface area contributed by atoms with Crippen molar-refractivity contribution in [1.82, 2.24) is 0 Å². The zero-order valence-electron chi connectivity index (χ0n) is 12.3. The first-order valence-corrected chi connectivity index (χ1v) is 7.74. The van der Waals surface area contributed by atoms with Gasteiger partial charge in [-0.25, -0.2) is 0 Å². The van der Waals surface area contributed by atoms with E-state index in [1.54, 1.807) is 6.92 Å². The fourth-order valence-electron chi connectivity index (χ4n) is 4.62. The van der Waals surface area contributed by atoms with Gasteiger partial charge in [0.05, 0.1) is 5.60 Å². The number of allylic oxidation sites excluding steroid dienone is 2. The summed E-state index contributed by atoms with van der Waals surface area (Å²) < 4.78 is 0. The van der Waals surface area contributed by atoms with E-state index in [0.717, 1.165) is 48.8 Å². The molecule has 0 aromatic heterocycles. The number of ketones is 1. The lowest BCUT2D eigenvalue weighted by Gasteiger charge is -2.52. The van der Waals surface area contributed by atoms with Crippen LogP contribution in [0.15, 0.2) is 36.0 Å². The van der Waals surface area contributed by atoms with Gasteiger partial charge in [0.2, 0.25) is 0 Å². The first kappa shape index (κ1) is 13.8. The van der Waals surface area contributed by atoms with E-state index in [9.17, 15) is 9.90 Å². The van der Waals surface area contributed by atoms with Crippen LogP contribution in [0, 0.1) is 17.8 Å². The molecule has 2 fully saturated rings. The van der Waals surface area contributed by atoms with E-state index in [-0.39, 0.29) is 23.5 Å². The molecule has 0 spiro atoms. The van der Waals surface area contributed by atoms with Gasteiger partial charge in [0.15, 0.2) is 0 Å². The van der Waals surface area contributed by atoms with Crippen LogP contribution < -0.4 is 0 Å². The maximum absolute atomic E-state index is 12.0. The topological polar surface area (TPSA) is 37.3 Å². The normalized spacial score (nSPS) is 40.7. The second-order valence-corrected chi connectivity index (χ2v) is 6.87. The molecule has 0 aromatic carbocycles. The van der Waals surface area contributed by atoms with Crippen molar-refractivity contribution in [2.45, 2.75) is 51.0 Å². The van der Waals surface area contributed by atoms with Crippen LogP contribution in [-0.2, 0) is 4.79 Å². The van der Waals surface area contributed by atoms with Gasteiger partial charge in [-0.3, -0.25) is 4.79 Å². The maximum Gasteiger partial charge on any atom is 0.133 e. The van der Waals surface area contributed by atoms with Crippen LogP contribution in [-0.4, -0.2) is 16.5 Å². The van der Waals surface area contributed by atoms with Gasteiger partial charge in [0, 0.05) is 11.8 Å². The predicted molar refractivity (Wildman–Crippen MR) is 80.2 cm³/mol. The van der Waals surface area contributed by atoms with Crippen LogP contribution in [0.5, 0.6) is 0 Å². The van der Waals surface area contributed by atoms with E-state index < -0.39 is 5.60 Å². The Kier molecular flexibility index (Phi) is 3.24. The number of carbonyl (C=O) groups is 1. The predicted octanol–water partition coefficient (Wildman–Crippen LogP) is 3.58. The molecule has 4 atom stereocenters. The molecule has 3 aliphatic rings. The van der Waals surface area contributed by atoms with Gasteiger partial charge in [-0.05, 0) is 44.1 Å². The molecule has 0 amide bonds. The molecule has 0 aromatic rings. The largest absolute Gasteiger partial charge is 0.385 e. The van der Waals surface area contributed by atoms with Crippen LogP contribution in [0.1, 0.15) is 45.4 Å². The maximum atomic E-state index is 12.0. The summed E-state index contributed by atoms with van der Waals surface area (Å²) in [5.41, 5.74) is 2.44. The Morgan fingerprint density at radius 2 is 2.10 bits per heavy atom. The summed E-state index contributed by atoms with van der Waals surface area (Å²) in [6, 6.07) is 0. The van der Waals surface area contributed by atoms with E-state index in [4.69, 9.17) is 0 Å². The lowest BCUT2D eigenvalue weighted by atomic mass is 9.55. The Hall–Kier alpha value is -1.15. The monoisotopic (exact) mass is 272 g/mol. The Morgan fingerprint density at radius 1 is 1.35 bits per heavy atom. The number of hydrogen-bond donors (Lipinski definition) is 1. The summed E-state index contributed by atoms with van der Waals surface area (Å²) in [5.74, 6) is 0.515. The van der Waals surface area contributed by atoms with E-state index in [1.807, 2.05) is 0 Å². The summed E-state index contributed by atoms with van der Waals surface area (Å²) >= 11 is 0. The van der Waals surface area contributed by atoms with Gasteiger partial charge in [-0.2, -0.15) is 0 Å². The fraction of sp³-hybridized carbons (Fsp3) is 0.611. The zero-order chi connectivity index (χ0) is 14.5. The van der Waals surface area contributed by atoms with Gasteiger partial charge < -0.3 is 5.11 Å². The molecule has 0 bridgehead atoms. The molecular formula is C18H24O2. The van der Waals surface area contributed by atoms with Crippen molar-refractivity contribution in [2.75, 3.05) is 0 Å². The number of hydrogen-bond acceptors (Lipinski definition) is 2. The molecule has 0 unspecified atom stereocenters. The van der Waals surface area contributed by atoms with Crippen molar-refractivity contribution >= 4 is 5.78 Å². The smallest absolute Gasteiger partial charge is 0.133 e. The third kappa shape index (κ3) is 1.93. The second kappa shape index (κ2) is 4.70. The number of Topliss-reactive ketones (excluding diaryl/α,β-unsaturated/α-hetero) is 1. The zero-order valence-corrected chi connectivity index (χ0v) is 12.3. The average molecular weight is 272 g/mol. The number of fused-ring (bicyclic) bond motifs is 3. The Bertz CT molecular complexity index is 514. The minimum absolute atomic E-state index is 0.0221. The first-order valence-electron chi connectivity index (χ1n) is 7.74. The molecule has 0 heterocycles. The summed E-state index contributed by atoms with van der Waals surface area (Å²) in [5, 5.41) is 11.3. The highest BCUT2D eigenvalue weighted by Gasteiger charge is 2.52. The second-order valence-electron chi connectivity index (χ2n) is 6.87. The van der Waals surface area contributed by atoms with Gasteiger partial charge in [0.25, 0.3) is 0 Å². The average Bonchev–Trinajstić information content (AvgIpc) is 2.39. The first-order chi connectivity index (χ1) is 9.43. The minimum Gasteiger partial charge on any atom is -0.385 e. The molecule has 0 aliphatic heterocycles. The van der Waals surface area contributed by atoms with Crippen LogP contribution in [0.25, 0.3) is 0 Å². The molecule has 0 saturated heterocycles. The third-order valence-electron chi connectivity index (χ3n) is 5.60. The van der Waals surface area contributed by atoms with Crippen molar-refractivity contribution < 1.29 is 9.90 Å². The Morgan fingerprint density at radius 3 is 2.80 bits per heavy atom. The van der Waals surface area contributed by atoms with Gasteiger partial charge >= 0.3 is 0 Å². The summed E-state index contributed by atoms with van der Waals surface area (Å²) in [6.07, 6.45) is 7.72. The molecule has 2 nitrogen and oxygen atoms in total. The van der Waals surface area contributed by atoms with Crippen molar-refractivity contribution in [2.24, 2.45) is 17.8 Å². The van der Waals surface area contributed by atoms with Gasteiger partial charge in [-0.15, -0.1) is 0 Å². The highest BCUT2D eigenvalue weighted by molar-refractivity contribution is 5.80. The fourth-order valence-corrected chi connectivity index (χ4v) is 4.62. The molecule has 108 valence electrons. The number of rotatable bonds is 1. The highest BCUT2D eigenvalue weighted by Crippen LogP contribution is 2.55. The van der Waals surface area contributed by atoms with E-state index in [1.165, 1.54) is 6.42 Å². The van der Waals surface area contributed by atoms with E-state index in [2.05, 4.69) is 19.2 Å². The summed E-state index contributed by atoms with van der Waals surface area (Å²) in [4.78, 5) is 12.0. The van der Waals surface area contributed by atoms with Crippen molar-refractivity contribution in [3.8, 4) is 0 Å². The number of aliphatic hydroxyl groups is 1. The quantitative estimate of drug-likeness (QED) is 0.741. The Labute approximate surface area is 121 Å². The third-order valence-corrected chi connectivity index (χ3v) is 5.60. The molecule has 3 rings (SSSR count). The molecule has 3 aliphatic carbocycles. The highest BCUT2D eigenvalue weighted by atomic mass is 16.3. The number of carbonyl (C=O) groups excluding carboxylic acids is 1. The molecular weight excluding hydrogens is 248 g/mol. The summed E-state index contributed by atoms with van der Waals surface area (Å²) in [7, 11) is 0. The molecule has 1 N–H and O–H groups in total. The van der Waals surface area contributed by atoms with E-state index >= 15 is 0 Å². The van der Waals surface area contributed by atoms with Crippen LogP contribution >= 0.6 is 0 Å². The lowest BCUT2D eigenvalue weighted by molar-refractivity contribution is -0.123. The van der Waals surface area contributed by atoms with Crippen molar-refractivity contribution in [3.05, 3.63) is 36.0 Å². The SMILES string of the molecule is C=C1C=C2[C@H](CC(=C)[C@H]3CCCC[C@]23O)[C@H](C(C)=O)C1. The van der Waals surface area contributed by atoms with Crippen molar-refractivity contribution in [1.29, 1.82) is 0 Å². The van der Waals surface area contributed by atoms with Crippen molar-refractivity contribution in [3.63, 3.8) is 0 Å². The summed E-state index contributed by atoms with van der Waals surface area (Å²) in [6.45, 7) is 9.96. The van der Waals surface area contributed by atoms with Crippen LogP contribution in [0.4, 0.5) is 0 Å². The van der Waals surface area contributed by atoms with Crippen LogP contribution in [0.3, 0.4) is 0 Å². The molecule has 2 saturated carbocycles. The van der Waals surface area contributed by atoms with Gasteiger partial charge in [0.1, 0.15) is 5.78 Å². The standard InChI is InChI=1S/C18H24O2/c1-11-8-14(13(3)19)15-10-12(2)16-6-4-5-7-18(16,20)17(15)9-11/h9,14-16,20H,1-2,4-8,10H2,3H3/t14-,15+,16+,18+/m0/s1. The van der Waals surface area contributed by atoms with Crippen LogP contribution in [0.2, 0.25) is 0 Å². The lowest BCUT2D eigenvalue weighted by Crippen LogP contribution is -2.51.